The van der Waals surface area contributed by atoms with Crippen molar-refractivity contribution in [1.82, 2.24) is 4.98 Å². The summed E-state index contributed by atoms with van der Waals surface area (Å²) in [6, 6.07) is 33.6. The van der Waals surface area contributed by atoms with Crippen molar-refractivity contribution in [2.24, 2.45) is 0 Å². The number of pyridine rings is 1. The van der Waals surface area contributed by atoms with Gasteiger partial charge in [-0.3, -0.25) is 9.59 Å². The Morgan fingerprint density at radius 1 is 0.477 bits per heavy atom. The Morgan fingerprint density at radius 2 is 0.841 bits per heavy atom. The third-order valence-electron chi connectivity index (χ3n) is 6.56. The average Bonchev–Trinajstić information content (AvgIpc) is 3.07. The van der Waals surface area contributed by atoms with Crippen LogP contribution >= 0.6 is 23.2 Å². The lowest BCUT2D eigenvalue weighted by atomic mass is 10.00. The monoisotopic (exact) mass is 623 g/mol. The van der Waals surface area contributed by atoms with E-state index in [0.717, 1.165) is 0 Å². The summed E-state index contributed by atoms with van der Waals surface area (Å²) >= 11 is 12.0. The second-order valence-corrected chi connectivity index (χ2v) is 10.4. The number of esters is 2. The number of halogens is 2. The van der Waals surface area contributed by atoms with Crippen molar-refractivity contribution in [1.29, 1.82) is 0 Å². The molecular weight excluding hydrogens is 601 g/mol. The lowest BCUT2D eigenvalue weighted by Gasteiger charge is -2.18. The Hall–Kier alpha value is -5.11. The minimum Gasteiger partial charge on any atom is -0.444 e. The van der Waals surface area contributed by atoms with Crippen molar-refractivity contribution in [2.45, 2.75) is 12.2 Å². The van der Waals surface area contributed by atoms with Crippen LogP contribution in [0.25, 0.3) is 0 Å². The molecule has 44 heavy (non-hydrogen) atoms. The van der Waals surface area contributed by atoms with Crippen molar-refractivity contribution in [2.75, 3.05) is 0 Å². The summed E-state index contributed by atoms with van der Waals surface area (Å²) in [5, 5.41) is 0.892. The van der Waals surface area contributed by atoms with Gasteiger partial charge in [0.05, 0.1) is 0 Å². The minimum absolute atomic E-state index is 0.239. The standard InChI is InChI=1S/C35H23Cl2NO6/c36-26-18-14-24(15-19-26)32(30(39)22-8-3-1-4-9-22)43-34(41)28-12-7-13-29(38-28)35(42)44-33(25-16-20-27(37)21-17-25)31(40)23-10-5-2-6-11-23/h1-21,32-33H/t32-,33+. The average molecular weight is 624 g/mol. The maximum absolute atomic E-state index is 13.4. The molecule has 0 unspecified atom stereocenters. The molecule has 0 saturated carbocycles. The van der Waals surface area contributed by atoms with Gasteiger partial charge in [-0.25, -0.2) is 14.6 Å². The summed E-state index contributed by atoms with van der Waals surface area (Å²) in [5.41, 5.74) is 0.993. The largest absolute Gasteiger partial charge is 0.444 e. The van der Waals surface area contributed by atoms with Crippen molar-refractivity contribution < 1.29 is 28.7 Å². The van der Waals surface area contributed by atoms with Crippen LogP contribution < -0.4 is 0 Å². The summed E-state index contributed by atoms with van der Waals surface area (Å²) < 4.78 is 11.3. The van der Waals surface area contributed by atoms with Gasteiger partial charge in [-0.2, -0.15) is 0 Å². The highest BCUT2D eigenvalue weighted by atomic mass is 35.5. The van der Waals surface area contributed by atoms with Crippen LogP contribution in [-0.4, -0.2) is 28.5 Å². The number of hydrogen-bond donors (Lipinski definition) is 0. The van der Waals surface area contributed by atoms with Gasteiger partial charge < -0.3 is 9.47 Å². The van der Waals surface area contributed by atoms with E-state index in [-0.39, 0.29) is 11.4 Å². The molecule has 5 rings (SSSR count). The predicted octanol–water partition coefficient (Wildman–Crippen LogP) is 7.95. The van der Waals surface area contributed by atoms with Gasteiger partial charge in [0.1, 0.15) is 11.4 Å². The topological polar surface area (TPSA) is 99.6 Å². The molecule has 1 heterocycles. The Bertz CT molecular complexity index is 1660. The summed E-state index contributed by atoms with van der Waals surface area (Å²) in [5.74, 6) is -2.80. The molecule has 2 atom stereocenters. The third kappa shape index (κ3) is 7.26. The van der Waals surface area contributed by atoms with Crippen molar-refractivity contribution in [3.8, 4) is 0 Å². The molecule has 9 heteroatoms. The molecule has 218 valence electrons. The van der Waals surface area contributed by atoms with E-state index in [1.165, 1.54) is 18.2 Å². The van der Waals surface area contributed by atoms with Crippen LogP contribution in [-0.2, 0) is 9.47 Å². The summed E-state index contributed by atoms with van der Waals surface area (Å²) in [7, 11) is 0. The molecule has 0 saturated heterocycles. The molecule has 0 N–H and O–H groups in total. The zero-order chi connectivity index (χ0) is 31.1. The van der Waals surface area contributed by atoms with E-state index < -0.39 is 35.7 Å². The number of ether oxygens (including phenoxy) is 2. The highest BCUT2D eigenvalue weighted by Gasteiger charge is 2.30. The highest BCUT2D eigenvalue weighted by Crippen LogP contribution is 2.27. The fraction of sp³-hybridized carbons (Fsp3) is 0.0571. The number of carbonyl (C=O) groups excluding carboxylic acids is 4. The lowest BCUT2D eigenvalue weighted by Crippen LogP contribution is -2.23. The minimum atomic E-state index is -1.31. The van der Waals surface area contributed by atoms with Crippen LogP contribution in [0.2, 0.25) is 10.0 Å². The molecule has 7 nitrogen and oxygen atoms in total. The predicted molar refractivity (Wildman–Crippen MR) is 165 cm³/mol. The highest BCUT2D eigenvalue weighted by molar-refractivity contribution is 6.30. The first-order chi connectivity index (χ1) is 21.3. The van der Waals surface area contributed by atoms with E-state index >= 15 is 0 Å². The Kier molecular flexibility index (Phi) is 9.59. The summed E-state index contributed by atoms with van der Waals surface area (Å²) in [6.45, 7) is 0. The van der Waals surface area contributed by atoms with Crippen molar-refractivity contribution in [3.63, 3.8) is 0 Å². The van der Waals surface area contributed by atoms with E-state index in [4.69, 9.17) is 32.7 Å². The van der Waals surface area contributed by atoms with Gasteiger partial charge in [0.2, 0.25) is 11.6 Å². The number of rotatable bonds is 10. The quantitative estimate of drug-likeness (QED) is 0.115. The van der Waals surface area contributed by atoms with Crippen molar-refractivity contribution >= 4 is 46.7 Å². The molecular formula is C35H23Cl2NO6. The molecule has 5 aromatic rings. The molecule has 0 aliphatic rings. The van der Waals surface area contributed by atoms with Gasteiger partial charge in [0.15, 0.2) is 12.2 Å². The van der Waals surface area contributed by atoms with E-state index in [2.05, 4.69) is 4.98 Å². The van der Waals surface area contributed by atoms with Crippen molar-refractivity contribution in [3.05, 3.63) is 171 Å². The molecule has 0 aliphatic carbocycles. The van der Waals surface area contributed by atoms with Crippen LogP contribution in [0, 0.1) is 0 Å². The fourth-order valence-corrected chi connectivity index (χ4v) is 4.58. The first-order valence-corrected chi connectivity index (χ1v) is 14.1. The van der Waals surface area contributed by atoms with Gasteiger partial charge in [-0.05, 0) is 36.4 Å². The zero-order valence-corrected chi connectivity index (χ0v) is 24.4. The van der Waals surface area contributed by atoms with E-state index in [1.807, 2.05) is 0 Å². The molecule has 4 aromatic carbocycles. The number of carbonyl (C=O) groups is 4. The van der Waals surface area contributed by atoms with Crippen LogP contribution in [0.4, 0.5) is 0 Å². The molecule has 0 fully saturated rings. The Labute approximate surface area is 263 Å². The third-order valence-corrected chi connectivity index (χ3v) is 7.06. The normalized spacial score (nSPS) is 12.0. The first kappa shape index (κ1) is 30.4. The maximum Gasteiger partial charge on any atom is 0.358 e. The Morgan fingerprint density at radius 3 is 1.20 bits per heavy atom. The number of aromatic nitrogens is 1. The zero-order valence-electron chi connectivity index (χ0n) is 22.9. The number of hydrogen-bond acceptors (Lipinski definition) is 7. The first-order valence-electron chi connectivity index (χ1n) is 13.4. The maximum atomic E-state index is 13.4. The number of nitrogens with zero attached hydrogens (tertiary/aromatic N) is 1. The molecule has 0 radical (unpaired) electrons. The SMILES string of the molecule is O=C(O[C@H](C(=O)c1ccccc1)c1ccc(Cl)cc1)c1cccc(C(=O)O[C@@H](C(=O)c2ccccc2)c2ccc(Cl)cc2)n1. The van der Waals surface area contributed by atoms with Gasteiger partial charge in [-0.15, -0.1) is 0 Å². The van der Waals surface area contributed by atoms with Crippen LogP contribution in [0.1, 0.15) is 65.0 Å². The van der Waals surface area contributed by atoms with E-state index in [1.54, 1.807) is 109 Å². The molecule has 0 bridgehead atoms. The molecule has 0 aliphatic heterocycles. The fourth-order valence-electron chi connectivity index (χ4n) is 4.33. The van der Waals surface area contributed by atoms with Gasteiger partial charge in [-0.1, -0.05) is 114 Å². The lowest BCUT2D eigenvalue weighted by molar-refractivity contribution is 0.0261. The second kappa shape index (κ2) is 13.9. The van der Waals surface area contributed by atoms with Crippen LogP contribution in [0.15, 0.2) is 127 Å². The smallest absolute Gasteiger partial charge is 0.358 e. The van der Waals surface area contributed by atoms with Crippen LogP contribution in [0.5, 0.6) is 0 Å². The summed E-state index contributed by atoms with van der Waals surface area (Å²) in [4.78, 5) is 57.5. The second-order valence-electron chi connectivity index (χ2n) is 9.54. The number of benzene rings is 4. The van der Waals surface area contributed by atoms with E-state index in [9.17, 15) is 19.2 Å². The number of ketones is 2. The molecule has 1 aromatic heterocycles. The molecule has 0 spiro atoms. The summed E-state index contributed by atoms with van der Waals surface area (Å²) in [6.07, 6.45) is -2.62. The molecule has 0 amide bonds. The Balaban J connectivity index is 1.40. The number of Topliss-reactive ketones (excluding diaryl/α,β-unsaturated/α-hetero) is 2. The van der Waals surface area contributed by atoms with Crippen LogP contribution in [0.3, 0.4) is 0 Å². The van der Waals surface area contributed by atoms with Gasteiger partial charge in [0.25, 0.3) is 0 Å². The van der Waals surface area contributed by atoms with Gasteiger partial charge >= 0.3 is 11.9 Å². The van der Waals surface area contributed by atoms with E-state index in [0.29, 0.717) is 32.3 Å². The van der Waals surface area contributed by atoms with Gasteiger partial charge in [0, 0.05) is 32.3 Å².